The summed E-state index contributed by atoms with van der Waals surface area (Å²) < 4.78 is 28.4. The van der Waals surface area contributed by atoms with Crippen LogP contribution in [0, 0.1) is 13.8 Å². The van der Waals surface area contributed by atoms with Crippen molar-refractivity contribution in [3.63, 3.8) is 0 Å². The van der Waals surface area contributed by atoms with Crippen LogP contribution in [-0.4, -0.2) is 19.9 Å². The molecule has 1 aromatic heterocycles. The van der Waals surface area contributed by atoms with E-state index in [1.54, 1.807) is 6.07 Å². The van der Waals surface area contributed by atoms with Crippen molar-refractivity contribution >= 4 is 32.5 Å². The van der Waals surface area contributed by atoms with E-state index in [0.29, 0.717) is 16.5 Å². The molecule has 1 heterocycles. The highest BCUT2D eigenvalue weighted by molar-refractivity contribution is 7.89. The van der Waals surface area contributed by atoms with Gasteiger partial charge in [0.1, 0.15) is 0 Å². The average molecular weight is 389 g/mol. The Morgan fingerprint density at radius 2 is 1.92 bits per heavy atom. The summed E-state index contributed by atoms with van der Waals surface area (Å²) in [5.74, 6) is 0. The monoisotopic (exact) mass is 388 g/mol. The Morgan fingerprint density at radius 3 is 2.62 bits per heavy atom. The van der Waals surface area contributed by atoms with Gasteiger partial charge in [-0.1, -0.05) is 29.3 Å². The van der Waals surface area contributed by atoms with Gasteiger partial charge in [0.05, 0.1) is 4.90 Å². The molecule has 0 amide bonds. The zero-order chi connectivity index (χ0) is 18.5. The van der Waals surface area contributed by atoms with Crippen molar-refractivity contribution in [1.82, 2.24) is 9.71 Å². The molecule has 0 atom stereocenters. The maximum atomic E-state index is 12.8. The molecule has 1 fully saturated rings. The van der Waals surface area contributed by atoms with Crippen LogP contribution in [0.3, 0.4) is 0 Å². The van der Waals surface area contributed by atoms with Crippen molar-refractivity contribution in [1.29, 1.82) is 0 Å². The largest absolute Gasteiger partial charge is 0.361 e. The number of aromatic amines is 1. The lowest BCUT2D eigenvalue weighted by atomic mass is 9.96. The summed E-state index contributed by atoms with van der Waals surface area (Å²) in [6, 6.07) is 11.2. The van der Waals surface area contributed by atoms with Crippen LogP contribution in [0.25, 0.3) is 10.9 Å². The van der Waals surface area contributed by atoms with Crippen molar-refractivity contribution in [3.8, 4) is 0 Å². The smallest absolute Gasteiger partial charge is 0.240 e. The van der Waals surface area contributed by atoms with Gasteiger partial charge in [-0.15, -0.1) is 0 Å². The summed E-state index contributed by atoms with van der Waals surface area (Å²) in [4.78, 5) is 3.62. The number of fused-ring (bicyclic) bond motifs is 1. The second-order valence-corrected chi connectivity index (χ2v) is 9.44. The first kappa shape index (κ1) is 17.6. The molecule has 0 saturated heterocycles. The fraction of sp³-hybridized carbons (Fsp3) is 0.300. The van der Waals surface area contributed by atoms with Gasteiger partial charge < -0.3 is 4.98 Å². The van der Waals surface area contributed by atoms with E-state index in [9.17, 15) is 8.42 Å². The number of nitrogens with one attached hydrogen (secondary N) is 2. The Labute approximate surface area is 158 Å². The Morgan fingerprint density at radius 1 is 1.15 bits per heavy atom. The SMILES string of the molecule is Cc1ccc(S(=O)(=O)NCC2(c3c[nH]c4ccc(Cl)cc34)CC2)c(C)c1. The lowest BCUT2D eigenvalue weighted by Gasteiger charge is -2.17. The molecule has 0 bridgehead atoms. The molecule has 3 aromatic rings. The first-order chi connectivity index (χ1) is 12.3. The van der Waals surface area contributed by atoms with Gasteiger partial charge in [-0.25, -0.2) is 13.1 Å². The molecule has 136 valence electrons. The first-order valence-electron chi connectivity index (χ1n) is 8.65. The Bertz CT molecular complexity index is 1100. The average Bonchev–Trinajstić information content (AvgIpc) is 3.25. The Kier molecular flexibility index (Phi) is 4.14. The Hall–Kier alpha value is -1.82. The lowest BCUT2D eigenvalue weighted by molar-refractivity contribution is 0.567. The molecule has 1 aliphatic rings. The molecule has 26 heavy (non-hydrogen) atoms. The van der Waals surface area contributed by atoms with E-state index in [0.717, 1.165) is 40.4 Å². The van der Waals surface area contributed by atoms with Crippen molar-refractivity contribution in [2.75, 3.05) is 6.54 Å². The summed E-state index contributed by atoms with van der Waals surface area (Å²) in [5.41, 5.74) is 3.82. The van der Waals surface area contributed by atoms with Crippen molar-refractivity contribution in [2.45, 2.75) is 37.0 Å². The fourth-order valence-corrected chi connectivity index (χ4v) is 5.16. The Balaban J connectivity index is 1.61. The number of halogens is 1. The van der Waals surface area contributed by atoms with E-state index >= 15 is 0 Å². The number of hydrogen-bond acceptors (Lipinski definition) is 2. The molecular formula is C20H21ClN2O2S. The van der Waals surface area contributed by atoms with Gasteiger partial charge in [0, 0.05) is 34.1 Å². The van der Waals surface area contributed by atoms with Gasteiger partial charge in [-0.2, -0.15) is 0 Å². The van der Waals surface area contributed by atoms with E-state index in [2.05, 4.69) is 9.71 Å². The molecule has 4 rings (SSSR count). The lowest BCUT2D eigenvalue weighted by Crippen LogP contribution is -2.32. The van der Waals surface area contributed by atoms with Crippen LogP contribution in [0.2, 0.25) is 5.02 Å². The molecule has 0 unspecified atom stereocenters. The van der Waals surface area contributed by atoms with Gasteiger partial charge in [-0.3, -0.25) is 0 Å². The highest BCUT2D eigenvalue weighted by Crippen LogP contribution is 2.50. The standard InChI is InChI=1S/C20H21ClN2O2S/c1-13-3-6-19(14(2)9-13)26(24,25)23-12-20(7-8-20)17-11-22-18-5-4-15(21)10-16(17)18/h3-6,9-11,22-23H,7-8,12H2,1-2H3. The van der Waals surface area contributed by atoms with Crippen molar-refractivity contribution < 1.29 is 8.42 Å². The molecule has 0 aliphatic heterocycles. The molecule has 6 heteroatoms. The van der Waals surface area contributed by atoms with E-state index < -0.39 is 10.0 Å². The van der Waals surface area contributed by atoms with Gasteiger partial charge in [-0.05, 0) is 62.1 Å². The third-order valence-corrected chi connectivity index (χ3v) is 7.09. The summed E-state index contributed by atoms with van der Waals surface area (Å²) >= 11 is 6.15. The van der Waals surface area contributed by atoms with Crippen molar-refractivity contribution in [2.24, 2.45) is 0 Å². The number of aryl methyl sites for hydroxylation is 2. The minimum Gasteiger partial charge on any atom is -0.361 e. The number of rotatable bonds is 5. The van der Waals surface area contributed by atoms with Crippen molar-refractivity contribution in [3.05, 3.63) is 64.3 Å². The van der Waals surface area contributed by atoms with Crippen LogP contribution in [0.5, 0.6) is 0 Å². The first-order valence-corrected chi connectivity index (χ1v) is 10.5. The number of H-pyrrole nitrogens is 1. The van der Waals surface area contributed by atoms with E-state index in [-0.39, 0.29) is 5.41 Å². The summed E-state index contributed by atoms with van der Waals surface area (Å²) in [7, 11) is -3.54. The third-order valence-electron chi connectivity index (χ3n) is 5.29. The van der Waals surface area contributed by atoms with Crippen LogP contribution < -0.4 is 4.72 Å². The molecule has 1 aliphatic carbocycles. The second-order valence-electron chi connectivity index (χ2n) is 7.27. The van der Waals surface area contributed by atoms with E-state index in [1.165, 1.54) is 0 Å². The molecular weight excluding hydrogens is 368 g/mol. The minimum absolute atomic E-state index is 0.158. The summed E-state index contributed by atoms with van der Waals surface area (Å²) in [6.07, 6.45) is 3.91. The second kappa shape index (κ2) is 6.12. The zero-order valence-electron chi connectivity index (χ0n) is 14.8. The predicted octanol–water partition coefficient (Wildman–Crippen LogP) is 4.45. The normalized spacial score (nSPS) is 16.1. The topological polar surface area (TPSA) is 62.0 Å². The quantitative estimate of drug-likeness (QED) is 0.678. The van der Waals surface area contributed by atoms with Gasteiger partial charge in [0.15, 0.2) is 0 Å². The van der Waals surface area contributed by atoms with Gasteiger partial charge in [0.2, 0.25) is 10.0 Å². The minimum atomic E-state index is -3.54. The molecule has 2 aromatic carbocycles. The maximum Gasteiger partial charge on any atom is 0.240 e. The van der Waals surface area contributed by atoms with Crippen LogP contribution in [0.1, 0.15) is 29.5 Å². The molecule has 0 spiro atoms. The fourth-order valence-electron chi connectivity index (χ4n) is 3.64. The summed E-state index contributed by atoms with van der Waals surface area (Å²) in [5, 5.41) is 1.76. The number of benzene rings is 2. The number of aromatic nitrogens is 1. The molecule has 2 N–H and O–H groups in total. The van der Waals surface area contributed by atoms with Crippen LogP contribution in [0.15, 0.2) is 47.5 Å². The highest BCUT2D eigenvalue weighted by atomic mass is 35.5. The maximum absolute atomic E-state index is 12.8. The number of hydrogen-bond donors (Lipinski definition) is 2. The summed E-state index contributed by atoms with van der Waals surface area (Å²) in [6.45, 7) is 4.18. The van der Waals surface area contributed by atoms with E-state index in [4.69, 9.17) is 11.6 Å². The predicted molar refractivity (Wildman–Crippen MR) is 105 cm³/mol. The third kappa shape index (κ3) is 3.04. The highest BCUT2D eigenvalue weighted by Gasteiger charge is 2.46. The van der Waals surface area contributed by atoms with Gasteiger partial charge >= 0.3 is 0 Å². The van der Waals surface area contributed by atoms with Crippen LogP contribution in [0.4, 0.5) is 0 Å². The van der Waals surface area contributed by atoms with E-state index in [1.807, 2.05) is 50.4 Å². The number of sulfonamides is 1. The zero-order valence-corrected chi connectivity index (χ0v) is 16.3. The molecule has 1 saturated carbocycles. The van der Waals surface area contributed by atoms with Crippen LogP contribution in [-0.2, 0) is 15.4 Å². The van der Waals surface area contributed by atoms with Gasteiger partial charge in [0.25, 0.3) is 0 Å². The molecule has 4 nitrogen and oxygen atoms in total. The van der Waals surface area contributed by atoms with Crippen LogP contribution >= 0.6 is 11.6 Å². The molecule has 0 radical (unpaired) electrons.